The molecule has 10 heteroatoms. The summed E-state index contributed by atoms with van der Waals surface area (Å²) in [5, 5.41) is 9.34. The second-order valence-corrected chi connectivity index (χ2v) is 3.69. The number of nitrogens with one attached hydrogen (secondary N) is 1. The van der Waals surface area contributed by atoms with Gasteiger partial charge >= 0.3 is 12.0 Å². The van der Waals surface area contributed by atoms with Crippen molar-refractivity contribution >= 4 is 17.9 Å². The first-order valence-electron chi connectivity index (χ1n) is 5.58. The van der Waals surface area contributed by atoms with Gasteiger partial charge in [-0.1, -0.05) is 5.21 Å². The third kappa shape index (κ3) is 4.02. The predicted molar refractivity (Wildman–Crippen MR) is 64.4 cm³/mol. The third-order valence-corrected chi connectivity index (χ3v) is 2.31. The number of imide groups is 1. The van der Waals surface area contributed by atoms with E-state index in [1.807, 2.05) is 5.32 Å². The molecule has 0 radical (unpaired) electrons. The first-order chi connectivity index (χ1) is 9.49. The number of aryl methyl sites for hydroxylation is 1. The number of rotatable bonds is 6. The molecule has 0 aromatic carbocycles. The summed E-state index contributed by atoms with van der Waals surface area (Å²) in [5.41, 5.74) is 5.21. The molecular weight excluding hydrogens is 270 g/mol. The average molecular weight is 285 g/mol. The number of esters is 1. The molecule has 3 amide bonds. The van der Waals surface area contributed by atoms with Crippen molar-refractivity contribution in [3.63, 3.8) is 0 Å². The van der Waals surface area contributed by atoms with E-state index in [4.69, 9.17) is 10.5 Å². The molecule has 1 aromatic heterocycles. The highest BCUT2D eigenvalue weighted by Gasteiger charge is 2.20. The lowest BCUT2D eigenvalue weighted by atomic mass is 10.3. The fourth-order valence-electron chi connectivity index (χ4n) is 1.45. The van der Waals surface area contributed by atoms with Crippen LogP contribution in [0.5, 0.6) is 0 Å². The fourth-order valence-corrected chi connectivity index (χ4v) is 1.45. The lowest BCUT2D eigenvalue weighted by molar-refractivity contribution is -0.120. The molecule has 0 aliphatic rings. The summed E-state index contributed by atoms with van der Waals surface area (Å²) in [6.45, 7) is 0.191. The van der Waals surface area contributed by atoms with Crippen molar-refractivity contribution in [2.45, 2.75) is 19.6 Å². The summed E-state index contributed by atoms with van der Waals surface area (Å²) in [4.78, 5) is 33.3. The van der Waals surface area contributed by atoms with Crippen molar-refractivity contribution in [3.05, 3.63) is 11.4 Å². The van der Waals surface area contributed by atoms with Crippen LogP contribution in [0.25, 0.3) is 0 Å². The van der Waals surface area contributed by atoms with Crippen LogP contribution in [0.1, 0.15) is 22.6 Å². The van der Waals surface area contributed by atoms with E-state index in [-0.39, 0.29) is 25.3 Å². The third-order valence-electron chi connectivity index (χ3n) is 2.31. The summed E-state index contributed by atoms with van der Waals surface area (Å²) in [5.74, 6) is -1.21. The van der Waals surface area contributed by atoms with Gasteiger partial charge < -0.3 is 15.2 Å². The fraction of sp³-hybridized carbons (Fsp3) is 0.500. The zero-order chi connectivity index (χ0) is 15.1. The number of ether oxygens (including phenoxy) is 2. The number of carbonyl (C=O) groups excluding carboxylic acids is 3. The van der Waals surface area contributed by atoms with Crippen LogP contribution in [0.4, 0.5) is 4.79 Å². The van der Waals surface area contributed by atoms with E-state index in [1.54, 1.807) is 0 Å². The van der Waals surface area contributed by atoms with Crippen molar-refractivity contribution in [1.29, 1.82) is 0 Å². The highest BCUT2D eigenvalue weighted by molar-refractivity contribution is 5.93. The minimum Gasteiger partial charge on any atom is -0.464 e. The van der Waals surface area contributed by atoms with Gasteiger partial charge in [0, 0.05) is 13.5 Å². The lowest BCUT2D eigenvalue weighted by Gasteiger charge is -2.06. The van der Waals surface area contributed by atoms with Crippen molar-refractivity contribution in [3.8, 4) is 0 Å². The number of nitrogens with two attached hydrogens (primary N) is 1. The number of carbonyl (C=O) groups is 3. The number of primary amides is 1. The van der Waals surface area contributed by atoms with Gasteiger partial charge in [0.05, 0.1) is 26.0 Å². The van der Waals surface area contributed by atoms with Gasteiger partial charge in [0.1, 0.15) is 0 Å². The number of hydrogen-bond acceptors (Lipinski definition) is 7. The van der Waals surface area contributed by atoms with E-state index < -0.39 is 17.9 Å². The Hall–Kier alpha value is -2.49. The monoisotopic (exact) mass is 285 g/mol. The molecule has 20 heavy (non-hydrogen) atoms. The summed E-state index contributed by atoms with van der Waals surface area (Å²) in [6, 6.07) is -0.930. The SMILES string of the molecule is COCc1c(C(=O)OC)nnn1CCC(=O)NC(N)=O. The molecule has 1 aromatic rings. The van der Waals surface area contributed by atoms with Crippen molar-refractivity contribution in [2.75, 3.05) is 14.2 Å². The van der Waals surface area contributed by atoms with Crippen molar-refractivity contribution in [1.82, 2.24) is 20.3 Å². The Labute approximate surface area is 114 Å². The van der Waals surface area contributed by atoms with Crippen molar-refractivity contribution in [2.24, 2.45) is 5.73 Å². The first-order valence-corrected chi connectivity index (χ1v) is 5.58. The number of nitrogens with zero attached hydrogens (tertiary/aromatic N) is 3. The Morgan fingerprint density at radius 1 is 1.35 bits per heavy atom. The maximum Gasteiger partial charge on any atom is 0.360 e. The van der Waals surface area contributed by atoms with E-state index in [0.717, 1.165) is 0 Å². The second kappa shape index (κ2) is 7.19. The van der Waals surface area contributed by atoms with Crippen LogP contribution in [0.15, 0.2) is 0 Å². The molecule has 10 nitrogen and oxygen atoms in total. The van der Waals surface area contributed by atoms with Gasteiger partial charge in [0.2, 0.25) is 5.91 Å². The van der Waals surface area contributed by atoms with E-state index in [2.05, 4.69) is 15.0 Å². The Morgan fingerprint density at radius 2 is 2.05 bits per heavy atom. The molecular formula is C10H15N5O5. The van der Waals surface area contributed by atoms with Crippen LogP contribution in [0, 0.1) is 0 Å². The molecule has 0 bridgehead atoms. The number of amides is 3. The van der Waals surface area contributed by atoms with E-state index >= 15 is 0 Å². The van der Waals surface area contributed by atoms with Gasteiger partial charge in [-0.2, -0.15) is 0 Å². The minimum atomic E-state index is -0.930. The molecule has 0 spiro atoms. The lowest BCUT2D eigenvalue weighted by Crippen LogP contribution is -2.35. The maximum atomic E-state index is 11.5. The van der Waals surface area contributed by atoms with Gasteiger partial charge in [0.25, 0.3) is 0 Å². The van der Waals surface area contributed by atoms with Gasteiger partial charge in [0.15, 0.2) is 5.69 Å². The van der Waals surface area contributed by atoms with E-state index in [0.29, 0.717) is 5.69 Å². The molecule has 3 N–H and O–H groups in total. The molecule has 1 heterocycles. The van der Waals surface area contributed by atoms with Crippen LogP contribution in [-0.2, 0) is 27.4 Å². The summed E-state index contributed by atoms with van der Waals surface area (Å²) in [6.07, 6.45) is -0.0520. The van der Waals surface area contributed by atoms with Gasteiger partial charge in [-0.15, -0.1) is 5.10 Å². The number of methoxy groups -OCH3 is 2. The second-order valence-electron chi connectivity index (χ2n) is 3.69. The normalized spacial score (nSPS) is 10.1. The average Bonchev–Trinajstić information content (AvgIpc) is 2.78. The molecule has 0 saturated carbocycles. The highest BCUT2D eigenvalue weighted by atomic mass is 16.5. The summed E-state index contributed by atoms with van der Waals surface area (Å²) in [7, 11) is 2.66. The van der Waals surface area contributed by atoms with E-state index in [1.165, 1.54) is 18.9 Å². The van der Waals surface area contributed by atoms with E-state index in [9.17, 15) is 14.4 Å². The summed E-state index contributed by atoms with van der Waals surface area (Å²) < 4.78 is 10.8. The highest BCUT2D eigenvalue weighted by Crippen LogP contribution is 2.09. The first kappa shape index (κ1) is 15.6. The van der Waals surface area contributed by atoms with Crippen LogP contribution < -0.4 is 11.1 Å². The number of urea groups is 1. The zero-order valence-electron chi connectivity index (χ0n) is 11.1. The standard InChI is InChI=1S/C10H15N5O5/c1-19-5-6-8(9(17)20-2)13-14-15(6)4-3-7(16)12-10(11)18/h3-5H2,1-2H3,(H3,11,12,16,18). The Balaban J connectivity index is 2.79. The van der Waals surface area contributed by atoms with Crippen LogP contribution in [0.2, 0.25) is 0 Å². The minimum absolute atomic E-state index is 0.0182. The van der Waals surface area contributed by atoms with Gasteiger partial charge in [-0.25, -0.2) is 14.3 Å². The number of hydrogen-bond donors (Lipinski definition) is 2. The molecule has 1 rings (SSSR count). The Kier molecular flexibility index (Phi) is 5.59. The molecule has 0 saturated heterocycles. The van der Waals surface area contributed by atoms with Crippen LogP contribution in [-0.4, -0.2) is 47.1 Å². The molecule has 110 valence electrons. The number of aromatic nitrogens is 3. The van der Waals surface area contributed by atoms with Crippen LogP contribution in [0.3, 0.4) is 0 Å². The smallest absolute Gasteiger partial charge is 0.360 e. The van der Waals surface area contributed by atoms with Gasteiger partial charge in [-0.05, 0) is 0 Å². The molecule has 0 aliphatic heterocycles. The molecule has 0 atom stereocenters. The molecule has 0 aliphatic carbocycles. The quantitative estimate of drug-likeness (QED) is 0.625. The Bertz CT molecular complexity index is 512. The maximum absolute atomic E-state index is 11.5. The zero-order valence-corrected chi connectivity index (χ0v) is 11.1. The van der Waals surface area contributed by atoms with Crippen LogP contribution >= 0.6 is 0 Å². The summed E-state index contributed by atoms with van der Waals surface area (Å²) >= 11 is 0. The predicted octanol–water partition coefficient (Wildman–Crippen LogP) is -1.20. The largest absolute Gasteiger partial charge is 0.464 e. The Morgan fingerprint density at radius 3 is 2.60 bits per heavy atom. The molecule has 0 unspecified atom stereocenters. The topological polar surface area (TPSA) is 138 Å². The van der Waals surface area contributed by atoms with Crippen molar-refractivity contribution < 1.29 is 23.9 Å². The van der Waals surface area contributed by atoms with Gasteiger partial charge in [-0.3, -0.25) is 10.1 Å². The molecule has 0 fully saturated rings.